The molecule has 7 heteroatoms. The number of aryl methyl sites for hydroxylation is 1. The minimum absolute atomic E-state index is 0.0929. The highest BCUT2D eigenvalue weighted by atomic mass is 16.5. The monoisotopic (exact) mass is 333 g/mol. The molecule has 1 aromatic rings. The molecule has 0 spiro atoms. The Morgan fingerprint density at radius 2 is 2.12 bits per heavy atom. The minimum atomic E-state index is -0.163. The summed E-state index contributed by atoms with van der Waals surface area (Å²) in [6.45, 7) is 6.88. The Kier molecular flexibility index (Phi) is 4.54. The highest BCUT2D eigenvalue weighted by molar-refractivity contribution is 5.82. The number of rotatable bonds is 5. The van der Waals surface area contributed by atoms with E-state index in [1.54, 1.807) is 6.33 Å². The molecule has 1 amide bonds. The van der Waals surface area contributed by atoms with Gasteiger partial charge in [0.1, 0.15) is 12.4 Å². The van der Waals surface area contributed by atoms with Crippen LogP contribution < -0.4 is 0 Å². The van der Waals surface area contributed by atoms with E-state index in [2.05, 4.69) is 22.0 Å². The number of ether oxygens (including phenoxy) is 1. The fraction of sp³-hybridized carbons (Fsp3) is 0.824. The van der Waals surface area contributed by atoms with E-state index in [-0.39, 0.29) is 12.1 Å². The lowest BCUT2D eigenvalue weighted by molar-refractivity contribution is -0.145. The first-order valence-electron chi connectivity index (χ1n) is 9.30. The fourth-order valence-electron chi connectivity index (χ4n) is 4.04. The zero-order valence-electron chi connectivity index (χ0n) is 14.4. The Morgan fingerprint density at radius 1 is 1.33 bits per heavy atom. The standard InChI is InChI=1S/C17H27N5O2/c1-2-20-12-18-19-16(20)14-11-22(9-10-24-14)17(23)15(13-5-6-13)21-7-3-4-8-21/h12-15H,2-11H2,1H3. The van der Waals surface area contributed by atoms with Crippen molar-refractivity contribution < 1.29 is 9.53 Å². The van der Waals surface area contributed by atoms with Crippen LogP contribution in [0.15, 0.2) is 6.33 Å². The van der Waals surface area contributed by atoms with E-state index >= 15 is 0 Å². The summed E-state index contributed by atoms with van der Waals surface area (Å²) in [7, 11) is 0. The molecule has 0 bridgehead atoms. The summed E-state index contributed by atoms with van der Waals surface area (Å²) in [6.07, 6.45) is 6.42. The molecule has 3 aliphatic rings. The van der Waals surface area contributed by atoms with E-state index in [4.69, 9.17) is 4.74 Å². The van der Waals surface area contributed by atoms with E-state index < -0.39 is 0 Å². The third-order valence-electron chi connectivity index (χ3n) is 5.51. The molecule has 3 heterocycles. The van der Waals surface area contributed by atoms with Gasteiger partial charge in [0, 0.05) is 13.1 Å². The van der Waals surface area contributed by atoms with E-state index in [1.807, 2.05) is 9.47 Å². The van der Waals surface area contributed by atoms with Crippen molar-refractivity contribution in [3.05, 3.63) is 12.2 Å². The number of likely N-dealkylation sites (tertiary alicyclic amines) is 1. The van der Waals surface area contributed by atoms with Crippen molar-refractivity contribution in [1.82, 2.24) is 24.6 Å². The van der Waals surface area contributed by atoms with E-state index in [1.165, 1.54) is 25.7 Å². The predicted molar refractivity (Wildman–Crippen MR) is 88.3 cm³/mol. The second-order valence-electron chi connectivity index (χ2n) is 7.14. The van der Waals surface area contributed by atoms with Crippen molar-refractivity contribution in [2.24, 2.45) is 5.92 Å². The smallest absolute Gasteiger partial charge is 0.240 e. The first kappa shape index (κ1) is 16.0. The SMILES string of the molecule is CCn1cnnc1C1CN(C(=O)C(C2CC2)N2CCCC2)CCO1. The Balaban J connectivity index is 1.47. The molecule has 132 valence electrons. The van der Waals surface area contributed by atoms with Crippen LogP contribution in [-0.4, -0.2) is 69.3 Å². The number of hydrogen-bond donors (Lipinski definition) is 0. The fourth-order valence-corrected chi connectivity index (χ4v) is 4.04. The lowest BCUT2D eigenvalue weighted by Crippen LogP contribution is -2.52. The molecule has 7 nitrogen and oxygen atoms in total. The number of morpholine rings is 1. The lowest BCUT2D eigenvalue weighted by atomic mass is 10.1. The summed E-state index contributed by atoms with van der Waals surface area (Å²) < 4.78 is 7.89. The number of amides is 1. The van der Waals surface area contributed by atoms with Crippen molar-refractivity contribution in [3.8, 4) is 0 Å². The predicted octanol–water partition coefficient (Wildman–Crippen LogP) is 1.07. The summed E-state index contributed by atoms with van der Waals surface area (Å²) in [5, 5.41) is 8.21. The van der Waals surface area contributed by atoms with Crippen LogP contribution in [0.4, 0.5) is 0 Å². The highest BCUT2D eigenvalue weighted by Crippen LogP contribution is 2.38. The van der Waals surface area contributed by atoms with Crippen molar-refractivity contribution >= 4 is 5.91 Å². The summed E-state index contributed by atoms with van der Waals surface area (Å²) in [5.41, 5.74) is 0. The van der Waals surface area contributed by atoms with Gasteiger partial charge in [-0.15, -0.1) is 10.2 Å². The molecule has 0 radical (unpaired) electrons. The van der Waals surface area contributed by atoms with Gasteiger partial charge in [-0.3, -0.25) is 9.69 Å². The second-order valence-corrected chi connectivity index (χ2v) is 7.14. The van der Waals surface area contributed by atoms with E-state index in [0.29, 0.717) is 31.5 Å². The maximum atomic E-state index is 13.2. The molecule has 4 rings (SSSR count). The molecule has 2 saturated heterocycles. The van der Waals surface area contributed by atoms with Crippen molar-refractivity contribution in [1.29, 1.82) is 0 Å². The third kappa shape index (κ3) is 3.07. The van der Waals surface area contributed by atoms with Gasteiger partial charge in [0.05, 0.1) is 19.2 Å². The van der Waals surface area contributed by atoms with Gasteiger partial charge in [0.25, 0.3) is 0 Å². The summed E-state index contributed by atoms with van der Waals surface area (Å²) in [5.74, 6) is 1.70. The number of aromatic nitrogens is 3. The topological polar surface area (TPSA) is 63.5 Å². The number of hydrogen-bond acceptors (Lipinski definition) is 5. The van der Waals surface area contributed by atoms with Gasteiger partial charge in [0.2, 0.25) is 5.91 Å². The van der Waals surface area contributed by atoms with Crippen LogP contribution in [0, 0.1) is 5.92 Å². The van der Waals surface area contributed by atoms with E-state index in [9.17, 15) is 4.79 Å². The zero-order chi connectivity index (χ0) is 16.5. The zero-order valence-corrected chi connectivity index (χ0v) is 14.4. The molecule has 24 heavy (non-hydrogen) atoms. The normalized spacial score (nSPS) is 26.7. The van der Waals surface area contributed by atoms with Crippen LogP contribution in [-0.2, 0) is 16.1 Å². The average molecular weight is 333 g/mol. The Hall–Kier alpha value is -1.47. The largest absolute Gasteiger partial charge is 0.366 e. The van der Waals surface area contributed by atoms with Gasteiger partial charge >= 0.3 is 0 Å². The van der Waals surface area contributed by atoms with Crippen LogP contribution in [0.3, 0.4) is 0 Å². The molecular formula is C17H27N5O2. The van der Waals surface area contributed by atoms with Crippen LogP contribution in [0.1, 0.15) is 44.5 Å². The second kappa shape index (κ2) is 6.80. The van der Waals surface area contributed by atoms with Gasteiger partial charge in [-0.1, -0.05) is 0 Å². The Morgan fingerprint density at radius 3 is 2.83 bits per heavy atom. The number of carbonyl (C=O) groups excluding carboxylic acids is 1. The van der Waals surface area contributed by atoms with Crippen LogP contribution in [0.5, 0.6) is 0 Å². The van der Waals surface area contributed by atoms with Crippen molar-refractivity contribution in [2.75, 3.05) is 32.8 Å². The summed E-state index contributed by atoms with van der Waals surface area (Å²) >= 11 is 0. The van der Waals surface area contributed by atoms with Gasteiger partial charge < -0.3 is 14.2 Å². The van der Waals surface area contributed by atoms with Gasteiger partial charge in [-0.05, 0) is 51.6 Å². The van der Waals surface area contributed by atoms with Crippen molar-refractivity contribution in [3.63, 3.8) is 0 Å². The number of nitrogens with zero attached hydrogens (tertiary/aromatic N) is 5. The first-order chi connectivity index (χ1) is 11.8. The summed E-state index contributed by atoms with van der Waals surface area (Å²) in [6, 6.07) is 0.0929. The Labute approximate surface area is 143 Å². The molecule has 3 fully saturated rings. The molecule has 2 aliphatic heterocycles. The molecule has 0 N–H and O–H groups in total. The number of carbonyl (C=O) groups is 1. The molecule has 1 saturated carbocycles. The van der Waals surface area contributed by atoms with Crippen molar-refractivity contribution in [2.45, 2.75) is 51.3 Å². The lowest BCUT2D eigenvalue weighted by Gasteiger charge is -2.37. The van der Waals surface area contributed by atoms with Crippen LogP contribution >= 0.6 is 0 Å². The molecule has 2 unspecified atom stereocenters. The molecule has 1 aliphatic carbocycles. The average Bonchev–Trinajstić information content (AvgIpc) is 3.12. The third-order valence-corrected chi connectivity index (χ3v) is 5.51. The maximum Gasteiger partial charge on any atom is 0.240 e. The molecule has 0 aromatic carbocycles. The maximum absolute atomic E-state index is 13.2. The quantitative estimate of drug-likeness (QED) is 0.807. The van der Waals surface area contributed by atoms with Crippen LogP contribution in [0.2, 0.25) is 0 Å². The summed E-state index contributed by atoms with van der Waals surface area (Å²) in [4.78, 5) is 17.6. The molecular weight excluding hydrogens is 306 g/mol. The van der Waals surface area contributed by atoms with Gasteiger partial charge in [0.15, 0.2) is 5.82 Å². The molecule has 2 atom stereocenters. The van der Waals surface area contributed by atoms with E-state index in [0.717, 1.165) is 25.5 Å². The van der Waals surface area contributed by atoms with Gasteiger partial charge in [-0.2, -0.15) is 0 Å². The minimum Gasteiger partial charge on any atom is -0.366 e. The van der Waals surface area contributed by atoms with Crippen LogP contribution in [0.25, 0.3) is 0 Å². The highest BCUT2D eigenvalue weighted by Gasteiger charge is 2.43. The molecule has 1 aromatic heterocycles. The Bertz CT molecular complexity index is 579. The van der Waals surface area contributed by atoms with Gasteiger partial charge in [-0.25, -0.2) is 0 Å². The first-order valence-corrected chi connectivity index (χ1v) is 9.30.